The van der Waals surface area contributed by atoms with Gasteiger partial charge in [-0.15, -0.1) is 24.0 Å². The predicted molar refractivity (Wildman–Crippen MR) is 105 cm³/mol. The van der Waals surface area contributed by atoms with Crippen molar-refractivity contribution in [2.24, 2.45) is 16.3 Å². The van der Waals surface area contributed by atoms with Crippen molar-refractivity contribution in [1.29, 1.82) is 0 Å². The van der Waals surface area contributed by atoms with Gasteiger partial charge in [0.05, 0.1) is 13.2 Å². The average molecular weight is 440 g/mol. The molecule has 0 spiro atoms. The molecule has 0 unspecified atom stereocenters. The molecule has 1 fully saturated rings. The van der Waals surface area contributed by atoms with E-state index in [1.165, 1.54) is 25.7 Å². The van der Waals surface area contributed by atoms with Crippen LogP contribution in [0.5, 0.6) is 0 Å². The summed E-state index contributed by atoms with van der Waals surface area (Å²) in [4.78, 5) is 15.8. The number of nitrogens with one attached hydrogen (secondary N) is 3. The number of guanidine groups is 1. The van der Waals surface area contributed by atoms with Gasteiger partial charge in [0.2, 0.25) is 5.91 Å². The fourth-order valence-corrected chi connectivity index (χ4v) is 3.01. The quantitative estimate of drug-likeness (QED) is 0.221. The topological polar surface area (TPSA) is 74.8 Å². The molecule has 6 nitrogen and oxygen atoms in total. The van der Waals surface area contributed by atoms with Gasteiger partial charge < -0.3 is 20.7 Å². The fourth-order valence-electron chi connectivity index (χ4n) is 3.01. The second kappa shape index (κ2) is 11.9. The van der Waals surface area contributed by atoms with Gasteiger partial charge in [0.1, 0.15) is 0 Å². The summed E-state index contributed by atoms with van der Waals surface area (Å²) in [5.41, 5.74) is 0.409. The summed E-state index contributed by atoms with van der Waals surface area (Å²) in [6, 6.07) is 0. The van der Waals surface area contributed by atoms with Gasteiger partial charge in [-0.2, -0.15) is 0 Å². The van der Waals surface area contributed by atoms with Gasteiger partial charge in [0.25, 0.3) is 0 Å². The van der Waals surface area contributed by atoms with Crippen molar-refractivity contribution in [2.75, 3.05) is 40.4 Å². The van der Waals surface area contributed by atoms with Gasteiger partial charge in [-0.05, 0) is 30.6 Å². The molecule has 0 radical (unpaired) electrons. The minimum Gasteiger partial charge on any atom is -0.383 e. The lowest BCUT2D eigenvalue weighted by Gasteiger charge is -2.43. The number of nitrogens with zero attached hydrogens (tertiary/aromatic N) is 1. The normalized spacial score (nSPS) is 16.3. The highest BCUT2D eigenvalue weighted by atomic mass is 127. The SMILES string of the molecule is CN=C(NCC(=O)NCCOC)NCC1(CC(C)C)CCC1.I. The number of ether oxygens (including phenoxy) is 1. The van der Waals surface area contributed by atoms with Crippen LogP contribution in [0.4, 0.5) is 0 Å². The zero-order valence-corrected chi connectivity index (χ0v) is 17.2. The van der Waals surface area contributed by atoms with E-state index >= 15 is 0 Å². The van der Waals surface area contributed by atoms with Crippen LogP contribution in [-0.2, 0) is 9.53 Å². The van der Waals surface area contributed by atoms with E-state index in [0.717, 1.165) is 6.54 Å². The Labute approximate surface area is 157 Å². The molecule has 3 N–H and O–H groups in total. The van der Waals surface area contributed by atoms with E-state index in [2.05, 4.69) is 34.8 Å². The maximum absolute atomic E-state index is 11.6. The number of amides is 1. The highest BCUT2D eigenvalue weighted by Crippen LogP contribution is 2.45. The Morgan fingerprint density at radius 2 is 1.96 bits per heavy atom. The summed E-state index contributed by atoms with van der Waals surface area (Å²) in [5, 5.41) is 9.21. The van der Waals surface area contributed by atoms with E-state index < -0.39 is 0 Å². The molecule has 0 bridgehead atoms. The average Bonchev–Trinajstić information content (AvgIpc) is 2.44. The van der Waals surface area contributed by atoms with E-state index in [1.807, 2.05) is 0 Å². The lowest BCUT2D eigenvalue weighted by atomic mass is 9.64. The third kappa shape index (κ3) is 8.74. The summed E-state index contributed by atoms with van der Waals surface area (Å²) >= 11 is 0. The summed E-state index contributed by atoms with van der Waals surface area (Å²) in [6.45, 7) is 6.75. The molecular weight excluding hydrogens is 407 g/mol. The van der Waals surface area contributed by atoms with Gasteiger partial charge in [-0.25, -0.2) is 0 Å². The Balaban J connectivity index is 0.00000484. The zero-order chi connectivity index (χ0) is 16.4. The monoisotopic (exact) mass is 440 g/mol. The maximum atomic E-state index is 11.6. The van der Waals surface area contributed by atoms with Gasteiger partial charge in [-0.1, -0.05) is 20.3 Å². The van der Waals surface area contributed by atoms with Crippen molar-refractivity contribution in [3.63, 3.8) is 0 Å². The Hall–Kier alpha value is -0.570. The molecular formula is C16H33IN4O2. The molecule has 0 atom stereocenters. The summed E-state index contributed by atoms with van der Waals surface area (Å²) in [7, 11) is 3.34. The van der Waals surface area contributed by atoms with Gasteiger partial charge in [0, 0.05) is 27.2 Å². The van der Waals surface area contributed by atoms with E-state index in [1.54, 1.807) is 14.2 Å². The third-order valence-corrected chi connectivity index (χ3v) is 4.15. The van der Waals surface area contributed by atoms with E-state index in [4.69, 9.17) is 4.74 Å². The van der Waals surface area contributed by atoms with Crippen LogP contribution >= 0.6 is 24.0 Å². The highest BCUT2D eigenvalue weighted by molar-refractivity contribution is 14.0. The second-order valence-corrected chi connectivity index (χ2v) is 6.57. The van der Waals surface area contributed by atoms with Crippen LogP contribution < -0.4 is 16.0 Å². The third-order valence-electron chi connectivity index (χ3n) is 4.15. The molecule has 0 aromatic rings. The number of halogens is 1. The van der Waals surface area contributed by atoms with Crippen LogP contribution in [0, 0.1) is 11.3 Å². The summed E-state index contributed by atoms with van der Waals surface area (Å²) in [5.74, 6) is 1.35. The molecule has 1 amide bonds. The Morgan fingerprint density at radius 3 is 2.43 bits per heavy atom. The minimum absolute atomic E-state index is 0. The largest absolute Gasteiger partial charge is 0.383 e. The summed E-state index contributed by atoms with van der Waals surface area (Å²) in [6.07, 6.45) is 5.14. The summed E-state index contributed by atoms with van der Waals surface area (Å²) < 4.78 is 4.89. The molecule has 0 aliphatic heterocycles. The van der Waals surface area contributed by atoms with Crippen molar-refractivity contribution in [3.8, 4) is 0 Å². The predicted octanol–water partition coefficient (Wildman–Crippen LogP) is 1.75. The van der Waals surface area contributed by atoms with Crippen molar-refractivity contribution >= 4 is 35.8 Å². The molecule has 136 valence electrons. The van der Waals surface area contributed by atoms with Crippen molar-refractivity contribution in [1.82, 2.24) is 16.0 Å². The first-order valence-electron chi connectivity index (χ1n) is 8.21. The number of carbonyl (C=O) groups is 1. The smallest absolute Gasteiger partial charge is 0.239 e. The molecule has 0 aromatic heterocycles. The molecule has 0 saturated heterocycles. The lowest BCUT2D eigenvalue weighted by molar-refractivity contribution is -0.120. The van der Waals surface area contributed by atoms with Crippen LogP contribution in [0.3, 0.4) is 0 Å². The number of methoxy groups -OCH3 is 1. The number of hydrogen-bond donors (Lipinski definition) is 3. The van der Waals surface area contributed by atoms with Crippen molar-refractivity contribution in [2.45, 2.75) is 39.5 Å². The van der Waals surface area contributed by atoms with Gasteiger partial charge in [0.15, 0.2) is 5.96 Å². The molecule has 7 heteroatoms. The number of aliphatic imine (C=N–C) groups is 1. The van der Waals surface area contributed by atoms with E-state index in [9.17, 15) is 4.79 Å². The van der Waals surface area contributed by atoms with Crippen LogP contribution in [0.25, 0.3) is 0 Å². The molecule has 1 aliphatic carbocycles. The van der Waals surface area contributed by atoms with Crippen LogP contribution in [-0.4, -0.2) is 52.3 Å². The molecule has 0 heterocycles. The van der Waals surface area contributed by atoms with Crippen molar-refractivity contribution < 1.29 is 9.53 Å². The van der Waals surface area contributed by atoms with Crippen LogP contribution in [0.15, 0.2) is 4.99 Å². The van der Waals surface area contributed by atoms with Gasteiger partial charge in [-0.3, -0.25) is 9.79 Å². The zero-order valence-electron chi connectivity index (χ0n) is 14.9. The highest BCUT2D eigenvalue weighted by Gasteiger charge is 2.37. The lowest BCUT2D eigenvalue weighted by Crippen LogP contribution is -2.49. The first-order valence-corrected chi connectivity index (χ1v) is 8.21. The van der Waals surface area contributed by atoms with Crippen molar-refractivity contribution in [3.05, 3.63) is 0 Å². The minimum atomic E-state index is -0.0551. The first-order chi connectivity index (χ1) is 10.5. The second-order valence-electron chi connectivity index (χ2n) is 6.57. The molecule has 0 aromatic carbocycles. The Kier molecular flexibility index (Phi) is 11.6. The van der Waals surface area contributed by atoms with Gasteiger partial charge >= 0.3 is 0 Å². The molecule has 1 saturated carbocycles. The van der Waals surface area contributed by atoms with E-state index in [-0.39, 0.29) is 36.4 Å². The first kappa shape index (κ1) is 22.4. The fraction of sp³-hybridized carbons (Fsp3) is 0.875. The van der Waals surface area contributed by atoms with E-state index in [0.29, 0.717) is 30.4 Å². The van der Waals surface area contributed by atoms with Crippen LogP contribution in [0.1, 0.15) is 39.5 Å². The maximum Gasteiger partial charge on any atom is 0.239 e. The number of carbonyl (C=O) groups excluding carboxylic acids is 1. The molecule has 23 heavy (non-hydrogen) atoms. The molecule has 1 rings (SSSR count). The molecule has 1 aliphatic rings. The Morgan fingerprint density at radius 1 is 1.26 bits per heavy atom. The number of rotatable bonds is 9. The Bertz CT molecular complexity index is 371. The number of hydrogen-bond acceptors (Lipinski definition) is 3. The van der Waals surface area contributed by atoms with Crippen LogP contribution in [0.2, 0.25) is 0 Å². The standard InChI is InChI=1S/C16H32N4O2.HI/c1-13(2)10-16(6-5-7-16)12-20-15(17-3)19-11-14(21)18-8-9-22-4;/h13H,5-12H2,1-4H3,(H,18,21)(H2,17,19,20);1H.